The number of benzene rings is 1. The maximum absolute atomic E-state index is 11.4. The minimum atomic E-state index is -0.0980. The predicted octanol–water partition coefficient (Wildman–Crippen LogP) is 2.82. The van der Waals surface area contributed by atoms with E-state index >= 15 is 0 Å². The van der Waals surface area contributed by atoms with Gasteiger partial charge < -0.3 is 15.4 Å². The van der Waals surface area contributed by atoms with Gasteiger partial charge in [-0.25, -0.2) is 4.79 Å². The largest absolute Gasteiger partial charge is 0.492 e. The molecule has 0 unspecified atom stereocenters. The topological polar surface area (TPSA) is 50.4 Å². The highest BCUT2D eigenvalue weighted by atomic mass is 16.5. The van der Waals surface area contributed by atoms with Crippen LogP contribution in [0.15, 0.2) is 24.3 Å². The molecule has 0 spiro atoms. The summed E-state index contributed by atoms with van der Waals surface area (Å²) in [7, 11) is 0. The summed E-state index contributed by atoms with van der Waals surface area (Å²) < 4.78 is 5.60. The number of amides is 2. The maximum Gasteiger partial charge on any atom is 0.315 e. The van der Waals surface area contributed by atoms with Crippen LogP contribution in [0.4, 0.5) is 4.79 Å². The molecule has 4 heteroatoms. The number of urea groups is 1. The van der Waals surface area contributed by atoms with Crippen molar-refractivity contribution in [3.63, 3.8) is 0 Å². The van der Waals surface area contributed by atoms with Crippen molar-refractivity contribution in [1.29, 1.82) is 0 Å². The minimum absolute atomic E-state index is 0.0980. The van der Waals surface area contributed by atoms with Crippen LogP contribution in [-0.2, 0) is 5.41 Å². The molecular weight excluding hydrogens is 252 g/mol. The lowest BCUT2D eigenvalue weighted by molar-refractivity contribution is 0.236. The molecule has 0 atom stereocenters. The summed E-state index contributed by atoms with van der Waals surface area (Å²) in [5.74, 6) is 0.836. The van der Waals surface area contributed by atoms with Gasteiger partial charge in [0.05, 0.1) is 6.54 Å². The van der Waals surface area contributed by atoms with Crippen molar-refractivity contribution in [3.05, 3.63) is 29.8 Å². The zero-order chi connectivity index (χ0) is 14.6. The summed E-state index contributed by atoms with van der Waals surface area (Å²) in [5, 5.41) is 5.66. The summed E-state index contributed by atoms with van der Waals surface area (Å²) >= 11 is 0. The van der Waals surface area contributed by atoms with Gasteiger partial charge >= 0.3 is 6.03 Å². The maximum atomic E-state index is 11.4. The van der Waals surface area contributed by atoms with Gasteiger partial charge in [0.25, 0.3) is 0 Å². The van der Waals surface area contributed by atoms with Crippen LogP contribution >= 0.6 is 0 Å². The van der Waals surface area contributed by atoms with Gasteiger partial charge in [-0.2, -0.15) is 0 Å². The Morgan fingerprint density at radius 3 is 2.45 bits per heavy atom. The van der Waals surface area contributed by atoms with E-state index < -0.39 is 0 Å². The van der Waals surface area contributed by atoms with Crippen LogP contribution < -0.4 is 15.4 Å². The number of rotatable bonds is 5. The van der Waals surface area contributed by atoms with Crippen molar-refractivity contribution in [2.45, 2.75) is 45.1 Å². The van der Waals surface area contributed by atoms with Crippen LogP contribution in [0.2, 0.25) is 0 Å². The molecule has 1 aliphatic rings. The van der Waals surface area contributed by atoms with Gasteiger partial charge in [-0.1, -0.05) is 32.9 Å². The van der Waals surface area contributed by atoms with Gasteiger partial charge in [0.15, 0.2) is 0 Å². The van der Waals surface area contributed by atoms with E-state index in [9.17, 15) is 4.79 Å². The Bertz CT molecular complexity index is 445. The first kappa shape index (κ1) is 14.7. The number of carbonyl (C=O) groups is 1. The van der Waals surface area contributed by atoms with Crippen molar-refractivity contribution in [2.75, 3.05) is 13.2 Å². The van der Waals surface area contributed by atoms with Crippen molar-refractivity contribution in [1.82, 2.24) is 10.6 Å². The molecule has 2 N–H and O–H groups in total. The zero-order valence-corrected chi connectivity index (χ0v) is 12.5. The second-order valence-electron chi connectivity index (χ2n) is 6.30. The fourth-order valence-corrected chi connectivity index (χ4v) is 1.85. The Labute approximate surface area is 120 Å². The lowest BCUT2D eigenvalue weighted by atomic mass is 9.87. The molecule has 4 nitrogen and oxygen atoms in total. The van der Waals surface area contributed by atoms with E-state index in [0.717, 1.165) is 18.6 Å². The molecule has 0 aromatic heterocycles. The minimum Gasteiger partial charge on any atom is -0.492 e. The molecule has 0 aliphatic heterocycles. The third-order valence-corrected chi connectivity index (χ3v) is 3.29. The van der Waals surface area contributed by atoms with Crippen LogP contribution in [0.3, 0.4) is 0 Å². The smallest absolute Gasteiger partial charge is 0.315 e. The third-order valence-electron chi connectivity index (χ3n) is 3.29. The first-order valence-electron chi connectivity index (χ1n) is 7.23. The SMILES string of the molecule is CC(C)(C)c1ccc(OCCNC(=O)NC2CC2)cc1. The highest BCUT2D eigenvalue weighted by Gasteiger charge is 2.22. The van der Waals surface area contributed by atoms with Gasteiger partial charge in [-0.05, 0) is 36.0 Å². The highest BCUT2D eigenvalue weighted by Crippen LogP contribution is 2.24. The molecule has 0 saturated heterocycles. The Hall–Kier alpha value is -1.71. The van der Waals surface area contributed by atoms with Crippen molar-refractivity contribution >= 4 is 6.03 Å². The Morgan fingerprint density at radius 1 is 1.25 bits per heavy atom. The molecule has 0 heterocycles. The molecule has 20 heavy (non-hydrogen) atoms. The van der Waals surface area contributed by atoms with E-state index in [1.165, 1.54) is 5.56 Å². The van der Waals surface area contributed by atoms with E-state index in [1.807, 2.05) is 12.1 Å². The van der Waals surface area contributed by atoms with Crippen LogP contribution in [-0.4, -0.2) is 25.2 Å². The Balaban J connectivity index is 1.67. The van der Waals surface area contributed by atoms with Gasteiger partial charge in [0.1, 0.15) is 12.4 Å². The summed E-state index contributed by atoms with van der Waals surface area (Å²) in [6.07, 6.45) is 2.20. The molecule has 1 fully saturated rings. The van der Waals surface area contributed by atoms with E-state index in [-0.39, 0.29) is 11.4 Å². The van der Waals surface area contributed by atoms with Gasteiger partial charge in [0, 0.05) is 6.04 Å². The van der Waals surface area contributed by atoms with E-state index in [1.54, 1.807) is 0 Å². The van der Waals surface area contributed by atoms with Gasteiger partial charge in [-0.3, -0.25) is 0 Å². The molecule has 1 aromatic carbocycles. The number of carbonyl (C=O) groups excluding carboxylic acids is 1. The molecule has 0 radical (unpaired) electrons. The molecule has 2 rings (SSSR count). The molecule has 2 amide bonds. The molecule has 1 aromatic rings. The predicted molar refractivity (Wildman–Crippen MR) is 80.2 cm³/mol. The van der Waals surface area contributed by atoms with E-state index in [0.29, 0.717) is 19.2 Å². The zero-order valence-electron chi connectivity index (χ0n) is 12.5. The normalized spacial score (nSPS) is 14.8. The van der Waals surface area contributed by atoms with Crippen LogP contribution in [0.5, 0.6) is 5.75 Å². The quantitative estimate of drug-likeness (QED) is 0.812. The lowest BCUT2D eigenvalue weighted by Crippen LogP contribution is -2.38. The summed E-state index contributed by atoms with van der Waals surface area (Å²) in [6.45, 7) is 7.55. The van der Waals surface area contributed by atoms with Gasteiger partial charge in [-0.15, -0.1) is 0 Å². The van der Waals surface area contributed by atoms with Crippen molar-refractivity contribution in [2.24, 2.45) is 0 Å². The molecular formula is C16H24N2O2. The second-order valence-corrected chi connectivity index (χ2v) is 6.30. The molecule has 110 valence electrons. The Morgan fingerprint density at radius 2 is 1.90 bits per heavy atom. The van der Waals surface area contributed by atoms with Crippen molar-refractivity contribution in [3.8, 4) is 5.75 Å². The fourth-order valence-electron chi connectivity index (χ4n) is 1.85. The number of hydrogen-bond donors (Lipinski definition) is 2. The summed E-state index contributed by atoms with van der Waals surface area (Å²) in [5.41, 5.74) is 1.44. The van der Waals surface area contributed by atoms with Gasteiger partial charge in [0.2, 0.25) is 0 Å². The molecule has 1 aliphatic carbocycles. The van der Waals surface area contributed by atoms with Crippen molar-refractivity contribution < 1.29 is 9.53 Å². The lowest BCUT2D eigenvalue weighted by Gasteiger charge is -2.19. The summed E-state index contributed by atoms with van der Waals surface area (Å²) in [4.78, 5) is 11.4. The molecule has 0 bridgehead atoms. The monoisotopic (exact) mass is 276 g/mol. The number of nitrogens with one attached hydrogen (secondary N) is 2. The first-order chi connectivity index (χ1) is 9.45. The standard InChI is InChI=1S/C16H24N2O2/c1-16(2,3)12-4-8-14(9-5-12)20-11-10-17-15(19)18-13-6-7-13/h4-5,8-9,13H,6-7,10-11H2,1-3H3,(H2,17,18,19). The van der Waals surface area contributed by atoms with E-state index in [2.05, 4.69) is 43.5 Å². The van der Waals surface area contributed by atoms with Crippen LogP contribution in [0, 0.1) is 0 Å². The number of ether oxygens (including phenoxy) is 1. The van der Waals surface area contributed by atoms with Crippen LogP contribution in [0.25, 0.3) is 0 Å². The molecule has 1 saturated carbocycles. The highest BCUT2D eigenvalue weighted by molar-refractivity contribution is 5.74. The first-order valence-corrected chi connectivity index (χ1v) is 7.23. The Kier molecular flexibility index (Phi) is 4.53. The fraction of sp³-hybridized carbons (Fsp3) is 0.562. The van der Waals surface area contributed by atoms with E-state index in [4.69, 9.17) is 4.74 Å². The van der Waals surface area contributed by atoms with Crippen LogP contribution in [0.1, 0.15) is 39.2 Å². The number of hydrogen-bond acceptors (Lipinski definition) is 2. The summed E-state index contributed by atoms with van der Waals surface area (Å²) in [6, 6.07) is 8.42. The average molecular weight is 276 g/mol. The average Bonchev–Trinajstić information content (AvgIpc) is 3.18. The third kappa shape index (κ3) is 4.76. The second kappa shape index (κ2) is 6.16.